The lowest BCUT2D eigenvalue weighted by Crippen LogP contribution is -2.20. The molecule has 0 saturated carbocycles. The van der Waals surface area contributed by atoms with Crippen LogP contribution in [0, 0.1) is 0 Å². The van der Waals surface area contributed by atoms with Crippen LogP contribution in [0.1, 0.15) is 12.8 Å². The van der Waals surface area contributed by atoms with Gasteiger partial charge in [0, 0.05) is 11.5 Å². The minimum Gasteiger partial charge on any atom is -0.391 e. The first-order chi connectivity index (χ1) is 4.34. The maximum Gasteiger partial charge on any atom is 0.0911 e. The van der Waals surface area contributed by atoms with Crippen LogP contribution in [0.4, 0.5) is 0 Å². The predicted octanol–water partition coefficient (Wildman–Crippen LogP) is 0.528. The molecule has 0 radical (unpaired) electrons. The van der Waals surface area contributed by atoms with E-state index in [1.807, 2.05) is 0 Å². The molecule has 0 spiro atoms. The summed E-state index contributed by atoms with van der Waals surface area (Å²) in [6.45, 7) is 0.783. The Kier molecular flexibility index (Phi) is 2.57. The molecular formula is C6H10O2S. The molecule has 3 heteroatoms. The van der Waals surface area contributed by atoms with Gasteiger partial charge in [-0.05, 0) is 12.8 Å². The molecule has 1 unspecified atom stereocenters. The second kappa shape index (κ2) is 3.25. The molecule has 1 rings (SSSR count). The van der Waals surface area contributed by atoms with Crippen LogP contribution in [0.3, 0.4) is 0 Å². The Hall–Kier alpha value is 0.01000. The molecule has 0 aromatic heterocycles. The van der Waals surface area contributed by atoms with Crippen molar-refractivity contribution in [2.24, 2.45) is 0 Å². The van der Waals surface area contributed by atoms with Gasteiger partial charge in [-0.25, -0.2) is 0 Å². The molecule has 1 fully saturated rings. The van der Waals surface area contributed by atoms with E-state index >= 15 is 0 Å². The first-order valence-electron chi connectivity index (χ1n) is 3.10. The molecule has 52 valence electrons. The van der Waals surface area contributed by atoms with Gasteiger partial charge < -0.3 is 9.84 Å². The van der Waals surface area contributed by atoms with Crippen LogP contribution in [0.5, 0.6) is 0 Å². The molecule has 1 aliphatic rings. The fourth-order valence-electron chi connectivity index (χ4n) is 0.933. The van der Waals surface area contributed by atoms with E-state index in [9.17, 15) is 0 Å². The fraction of sp³-hybridized carbons (Fsp3) is 0.833. The van der Waals surface area contributed by atoms with Gasteiger partial charge in [-0.2, -0.15) is 0 Å². The summed E-state index contributed by atoms with van der Waals surface area (Å²) in [4.78, 5) is 0.646. The summed E-state index contributed by atoms with van der Waals surface area (Å²) in [6, 6.07) is 0. The zero-order valence-electron chi connectivity index (χ0n) is 5.17. The highest BCUT2D eigenvalue weighted by molar-refractivity contribution is 7.80. The molecule has 1 saturated heterocycles. The first-order valence-corrected chi connectivity index (χ1v) is 3.50. The number of aliphatic hydroxyl groups is 1. The van der Waals surface area contributed by atoms with Gasteiger partial charge in [0.1, 0.15) is 0 Å². The van der Waals surface area contributed by atoms with Gasteiger partial charge in [0.15, 0.2) is 0 Å². The van der Waals surface area contributed by atoms with E-state index in [-0.39, 0.29) is 12.7 Å². The van der Waals surface area contributed by atoms with E-state index in [1.165, 1.54) is 0 Å². The van der Waals surface area contributed by atoms with Crippen LogP contribution in [-0.4, -0.2) is 29.3 Å². The summed E-state index contributed by atoms with van der Waals surface area (Å²) >= 11 is 4.84. The van der Waals surface area contributed by atoms with E-state index in [0.29, 0.717) is 4.86 Å². The van der Waals surface area contributed by atoms with Gasteiger partial charge in [-0.15, -0.1) is 0 Å². The number of hydrogen-bond acceptors (Lipinski definition) is 3. The SMILES string of the molecule is OCC(=S)C1CCCO1. The Morgan fingerprint density at radius 2 is 2.56 bits per heavy atom. The Labute approximate surface area is 59.8 Å². The number of rotatable bonds is 2. The van der Waals surface area contributed by atoms with Gasteiger partial charge in [-0.3, -0.25) is 0 Å². The van der Waals surface area contributed by atoms with Gasteiger partial charge in [0.05, 0.1) is 12.7 Å². The molecule has 1 atom stereocenters. The number of hydrogen-bond donors (Lipinski definition) is 1. The van der Waals surface area contributed by atoms with Crippen molar-refractivity contribution in [1.29, 1.82) is 0 Å². The average Bonchev–Trinajstić information content (AvgIpc) is 2.37. The fourth-order valence-corrected chi connectivity index (χ4v) is 1.12. The van der Waals surface area contributed by atoms with Crippen LogP contribution in [0.25, 0.3) is 0 Å². The zero-order chi connectivity index (χ0) is 6.69. The monoisotopic (exact) mass is 146 g/mol. The molecular weight excluding hydrogens is 136 g/mol. The summed E-state index contributed by atoms with van der Waals surface area (Å²) < 4.78 is 5.20. The highest BCUT2D eigenvalue weighted by Crippen LogP contribution is 2.13. The third kappa shape index (κ3) is 1.71. The van der Waals surface area contributed by atoms with Gasteiger partial charge >= 0.3 is 0 Å². The topological polar surface area (TPSA) is 29.5 Å². The lowest BCUT2D eigenvalue weighted by atomic mass is 10.2. The zero-order valence-corrected chi connectivity index (χ0v) is 5.99. The first kappa shape index (κ1) is 7.12. The quantitative estimate of drug-likeness (QED) is 0.576. The minimum atomic E-state index is -0.0139. The smallest absolute Gasteiger partial charge is 0.0911 e. The molecule has 0 bridgehead atoms. The average molecular weight is 146 g/mol. The van der Waals surface area contributed by atoms with Crippen molar-refractivity contribution in [3.05, 3.63) is 0 Å². The molecule has 0 aromatic carbocycles. The van der Waals surface area contributed by atoms with Crippen molar-refractivity contribution in [1.82, 2.24) is 0 Å². The third-order valence-corrected chi connectivity index (χ3v) is 1.84. The maximum atomic E-state index is 8.57. The van der Waals surface area contributed by atoms with Crippen molar-refractivity contribution in [2.45, 2.75) is 18.9 Å². The summed E-state index contributed by atoms with van der Waals surface area (Å²) in [5.74, 6) is 0. The normalized spacial score (nSPS) is 26.6. The highest BCUT2D eigenvalue weighted by atomic mass is 32.1. The van der Waals surface area contributed by atoms with Crippen LogP contribution in [0.15, 0.2) is 0 Å². The van der Waals surface area contributed by atoms with Crippen molar-refractivity contribution >= 4 is 17.1 Å². The predicted molar refractivity (Wildman–Crippen MR) is 38.7 cm³/mol. The van der Waals surface area contributed by atoms with E-state index in [0.717, 1.165) is 19.4 Å². The summed E-state index contributed by atoms with van der Waals surface area (Å²) in [5.41, 5.74) is 0. The second-order valence-electron chi connectivity index (χ2n) is 2.13. The summed E-state index contributed by atoms with van der Waals surface area (Å²) in [5, 5.41) is 8.57. The molecule has 9 heavy (non-hydrogen) atoms. The van der Waals surface area contributed by atoms with Crippen molar-refractivity contribution < 1.29 is 9.84 Å². The Bertz CT molecular complexity index is 108. The number of aliphatic hydroxyl groups excluding tert-OH is 1. The highest BCUT2D eigenvalue weighted by Gasteiger charge is 2.18. The van der Waals surface area contributed by atoms with E-state index < -0.39 is 0 Å². The molecule has 2 nitrogen and oxygen atoms in total. The Morgan fingerprint density at radius 3 is 3.00 bits per heavy atom. The third-order valence-electron chi connectivity index (χ3n) is 1.44. The van der Waals surface area contributed by atoms with E-state index in [4.69, 9.17) is 22.1 Å². The van der Waals surface area contributed by atoms with Crippen LogP contribution >= 0.6 is 12.2 Å². The number of ether oxygens (including phenoxy) is 1. The van der Waals surface area contributed by atoms with Crippen LogP contribution < -0.4 is 0 Å². The molecule has 1 N–H and O–H groups in total. The largest absolute Gasteiger partial charge is 0.391 e. The van der Waals surface area contributed by atoms with Crippen molar-refractivity contribution in [3.63, 3.8) is 0 Å². The molecule has 1 heterocycles. The van der Waals surface area contributed by atoms with Gasteiger partial charge in [0.25, 0.3) is 0 Å². The van der Waals surface area contributed by atoms with Gasteiger partial charge in [-0.1, -0.05) is 12.2 Å². The Morgan fingerprint density at radius 1 is 1.78 bits per heavy atom. The molecule has 0 aromatic rings. The van der Waals surface area contributed by atoms with Crippen molar-refractivity contribution in [3.8, 4) is 0 Å². The van der Waals surface area contributed by atoms with E-state index in [2.05, 4.69) is 0 Å². The number of thiocarbonyl (C=S) groups is 1. The van der Waals surface area contributed by atoms with Crippen LogP contribution in [0.2, 0.25) is 0 Å². The molecule has 0 amide bonds. The maximum absolute atomic E-state index is 8.57. The van der Waals surface area contributed by atoms with Gasteiger partial charge in [0.2, 0.25) is 0 Å². The lowest BCUT2D eigenvalue weighted by molar-refractivity contribution is 0.155. The van der Waals surface area contributed by atoms with E-state index in [1.54, 1.807) is 0 Å². The lowest BCUT2D eigenvalue weighted by Gasteiger charge is -2.06. The minimum absolute atomic E-state index is 0.0139. The summed E-state index contributed by atoms with van der Waals surface area (Å²) in [7, 11) is 0. The molecule has 0 aliphatic carbocycles. The summed E-state index contributed by atoms with van der Waals surface area (Å²) in [6.07, 6.45) is 2.12. The standard InChI is InChI=1S/C6H10O2S/c7-4-6(9)5-2-1-3-8-5/h5,7H,1-4H2. The Balaban J connectivity index is 2.32. The van der Waals surface area contributed by atoms with Crippen molar-refractivity contribution in [2.75, 3.05) is 13.2 Å². The second-order valence-corrected chi connectivity index (χ2v) is 2.65. The van der Waals surface area contributed by atoms with Crippen LogP contribution in [-0.2, 0) is 4.74 Å². The molecule has 1 aliphatic heterocycles.